The third-order valence-electron chi connectivity index (χ3n) is 3.47. The fraction of sp³-hybridized carbons (Fsp3) is 0.400. The summed E-state index contributed by atoms with van der Waals surface area (Å²) in [5.41, 5.74) is 3.54. The summed E-state index contributed by atoms with van der Waals surface area (Å²) in [6.45, 7) is 2.22. The molecule has 1 aromatic heterocycles. The molecule has 0 saturated carbocycles. The maximum atomic E-state index is 6.34. The Balaban J connectivity index is 1.63. The second kappa shape index (κ2) is 5.76. The number of rotatable bonds is 4. The van der Waals surface area contributed by atoms with Crippen molar-refractivity contribution in [2.75, 3.05) is 6.61 Å². The number of aryl methyl sites for hydroxylation is 2. The Labute approximate surface area is 118 Å². The molecule has 0 amide bonds. The Morgan fingerprint density at radius 1 is 1.26 bits per heavy atom. The quantitative estimate of drug-likeness (QED) is 0.857. The Morgan fingerprint density at radius 3 is 2.89 bits per heavy atom. The average molecular weight is 277 g/mol. The van der Waals surface area contributed by atoms with Crippen molar-refractivity contribution in [3.8, 4) is 0 Å². The summed E-state index contributed by atoms with van der Waals surface area (Å²) in [5, 5.41) is 5.34. The predicted molar refractivity (Wildman–Crippen MR) is 75.4 cm³/mol. The molecule has 0 bridgehead atoms. The number of aromatic nitrogens is 2. The van der Waals surface area contributed by atoms with Gasteiger partial charge in [0, 0.05) is 18.5 Å². The van der Waals surface area contributed by atoms with Gasteiger partial charge in [0.1, 0.15) is 5.15 Å². The van der Waals surface area contributed by atoms with Gasteiger partial charge in [-0.3, -0.25) is 4.68 Å². The highest BCUT2D eigenvalue weighted by Gasteiger charge is 2.19. The van der Waals surface area contributed by atoms with Crippen molar-refractivity contribution in [3.63, 3.8) is 0 Å². The van der Waals surface area contributed by atoms with Crippen molar-refractivity contribution < 1.29 is 4.74 Å². The van der Waals surface area contributed by atoms with Crippen LogP contribution >= 0.6 is 11.6 Å². The van der Waals surface area contributed by atoms with Gasteiger partial charge < -0.3 is 4.74 Å². The summed E-state index contributed by atoms with van der Waals surface area (Å²) in [6.07, 6.45) is 2.98. The van der Waals surface area contributed by atoms with Gasteiger partial charge in [0.15, 0.2) is 0 Å². The zero-order valence-corrected chi connectivity index (χ0v) is 11.6. The molecule has 0 unspecified atom stereocenters. The van der Waals surface area contributed by atoms with Crippen molar-refractivity contribution in [1.29, 1.82) is 0 Å². The zero-order chi connectivity index (χ0) is 13.1. The molecule has 4 heteroatoms. The van der Waals surface area contributed by atoms with Crippen LogP contribution in [-0.2, 0) is 30.7 Å². The fourth-order valence-corrected chi connectivity index (χ4v) is 2.72. The molecule has 0 aliphatic carbocycles. The molecule has 2 aromatic rings. The second-order valence-electron chi connectivity index (χ2n) is 4.83. The van der Waals surface area contributed by atoms with E-state index in [4.69, 9.17) is 16.3 Å². The molecule has 19 heavy (non-hydrogen) atoms. The molecular weight excluding hydrogens is 260 g/mol. The molecule has 0 spiro atoms. The van der Waals surface area contributed by atoms with E-state index in [0.29, 0.717) is 6.61 Å². The molecule has 1 aromatic carbocycles. The first-order chi connectivity index (χ1) is 9.34. The lowest BCUT2D eigenvalue weighted by Crippen LogP contribution is -2.08. The number of ether oxygens (including phenoxy) is 1. The summed E-state index contributed by atoms with van der Waals surface area (Å²) >= 11 is 6.34. The number of nitrogens with zero attached hydrogens (tertiary/aromatic N) is 2. The largest absolute Gasteiger partial charge is 0.376 e. The Hall–Kier alpha value is -1.32. The van der Waals surface area contributed by atoms with Gasteiger partial charge in [0.05, 0.1) is 18.9 Å². The van der Waals surface area contributed by atoms with Crippen molar-refractivity contribution in [1.82, 2.24) is 9.78 Å². The third kappa shape index (κ3) is 2.82. The Bertz CT molecular complexity index is 551. The molecule has 0 N–H and O–H groups in total. The summed E-state index contributed by atoms with van der Waals surface area (Å²) in [7, 11) is 0. The first-order valence-electron chi connectivity index (χ1n) is 6.70. The van der Waals surface area contributed by atoms with E-state index in [1.165, 1.54) is 5.56 Å². The van der Waals surface area contributed by atoms with Crippen LogP contribution in [0.3, 0.4) is 0 Å². The molecular formula is C15H17ClN2O. The van der Waals surface area contributed by atoms with Crippen LogP contribution < -0.4 is 0 Å². The Kier molecular flexibility index (Phi) is 3.85. The van der Waals surface area contributed by atoms with E-state index < -0.39 is 0 Å². The van der Waals surface area contributed by atoms with Gasteiger partial charge in [-0.25, -0.2) is 0 Å². The van der Waals surface area contributed by atoms with Crippen LogP contribution in [-0.4, -0.2) is 16.4 Å². The smallest absolute Gasteiger partial charge is 0.132 e. The lowest BCUT2D eigenvalue weighted by atomic mass is 10.1. The van der Waals surface area contributed by atoms with E-state index in [1.54, 1.807) is 0 Å². The summed E-state index contributed by atoms with van der Waals surface area (Å²) in [5.74, 6) is 0. The molecule has 1 aliphatic rings. The van der Waals surface area contributed by atoms with Crippen LogP contribution in [0.5, 0.6) is 0 Å². The first kappa shape index (κ1) is 12.7. The zero-order valence-electron chi connectivity index (χ0n) is 10.8. The molecule has 1 aliphatic heterocycles. The molecule has 0 saturated heterocycles. The molecule has 2 heterocycles. The van der Waals surface area contributed by atoms with E-state index in [0.717, 1.165) is 48.8 Å². The number of hydrogen-bond acceptors (Lipinski definition) is 2. The topological polar surface area (TPSA) is 27.1 Å². The molecule has 0 atom stereocenters. The molecule has 3 rings (SSSR count). The highest BCUT2D eigenvalue weighted by Crippen LogP contribution is 2.24. The lowest BCUT2D eigenvalue weighted by molar-refractivity contribution is 0.110. The van der Waals surface area contributed by atoms with Crippen LogP contribution in [0.25, 0.3) is 0 Å². The third-order valence-corrected chi connectivity index (χ3v) is 3.90. The van der Waals surface area contributed by atoms with Crippen LogP contribution in [0.2, 0.25) is 5.15 Å². The van der Waals surface area contributed by atoms with Gasteiger partial charge in [-0.2, -0.15) is 5.10 Å². The van der Waals surface area contributed by atoms with E-state index in [9.17, 15) is 0 Å². The molecule has 100 valence electrons. The van der Waals surface area contributed by atoms with Crippen LogP contribution in [0, 0.1) is 0 Å². The van der Waals surface area contributed by atoms with Gasteiger partial charge >= 0.3 is 0 Å². The highest BCUT2D eigenvalue weighted by molar-refractivity contribution is 6.30. The number of fused-ring (bicyclic) bond motifs is 1. The predicted octanol–water partition coefficient (Wildman–Crippen LogP) is 3.24. The van der Waals surface area contributed by atoms with E-state index >= 15 is 0 Å². The van der Waals surface area contributed by atoms with Crippen LogP contribution in [0.1, 0.15) is 23.2 Å². The van der Waals surface area contributed by atoms with Gasteiger partial charge in [0.2, 0.25) is 0 Å². The molecule has 0 fully saturated rings. The average Bonchev–Trinajstić information content (AvgIpc) is 2.78. The molecule has 0 radical (unpaired) electrons. The highest BCUT2D eigenvalue weighted by atomic mass is 35.5. The van der Waals surface area contributed by atoms with Crippen molar-refractivity contribution in [2.24, 2.45) is 0 Å². The van der Waals surface area contributed by atoms with Crippen LogP contribution in [0.4, 0.5) is 0 Å². The lowest BCUT2D eigenvalue weighted by Gasteiger charge is -2.09. The minimum absolute atomic E-state index is 0.604. The minimum Gasteiger partial charge on any atom is -0.376 e. The second-order valence-corrected chi connectivity index (χ2v) is 5.19. The summed E-state index contributed by atoms with van der Waals surface area (Å²) < 4.78 is 7.35. The first-order valence-corrected chi connectivity index (χ1v) is 7.08. The van der Waals surface area contributed by atoms with Crippen molar-refractivity contribution in [3.05, 3.63) is 52.3 Å². The minimum atomic E-state index is 0.604. The summed E-state index contributed by atoms with van der Waals surface area (Å²) in [6, 6.07) is 10.5. The monoisotopic (exact) mass is 276 g/mol. The SMILES string of the molecule is Clc1c2c(nn1CCCc1ccccc1)CCOC2. The van der Waals surface area contributed by atoms with Gasteiger partial charge in [-0.05, 0) is 18.4 Å². The van der Waals surface area contributed by atoms with E-state index in [2.05, 4.69) is 29.4 Å². The normalized spacial score (nSPS) is 14.4. The Morgan fingerprint density at radius 2 is 2.11 bits per heavy atom. The van der Waals surface area contributed by atoms with Crippen molar-refractivity contribution in [2.45, 2.75) is 32.4 Å². The number of hydrogen-bond donors (Lipinski definition) is 0. The van der Waals surface area contributed by atoms with Crippen LogP contribution in [0.15, 0.2) is 30.3 Å². The number of benzene rings is 1. The van der Waals surface area contributed by atoms with E-state index in [-0.39, 0.29) is 0 Å². The standard InChI is InChI=1S/C15H17ClN2O/c16-15-13-11-19-10-8-14(13)17-18(15)9-4-7-12-5-2-1-3-6-12/h1-3,5-6H,4,7-11H2. The van der Waals surface area contributed by atoms with Gasteiger partial charge in [-0.1, -0.05) is 41.9 Å². The summed E-state index contributed by atoms with van der Waals surface area (Å²) in [4.78, 5) is 0. The van der Waals surface area contributed by atoms with E-state index in [1.807, 2.05) is 10.7 Å². The maximum absolute atomic E-state index is 6.34. The number of halogens is 1. The maximum Gasteiger partial charge on any atom is 0.132 e. The van der Waals surface area contributed by atoms with Crippen molar-refractivity contribution >= 4 is 11.6 Å². The molecule has 3 nitrogen and oxygen atoms in total. The fourth-order valence-electron chi connectivity index (χ4n) is 2.44. The van der Waals surface area contributed by atoms with Gasteiger partial charge in [-0.15, -0.1) is 0 Å². The van der Waals surface area contributed by atoms with Gasteiger partial charge in [0.25, 0.3) is 0 Å².